The van der Waals surface area contributed by atoms with Crippen LogP contribution in [0.4, 0.5) is 5.69 Å². The zero-order valence-corrected chi connectivity index (χ0v) is 15.4. The molecule has 0 saturated carbocycles. The summed E-state index contributed by atoms with van der Waals surface area (Å²) in [7, 11) is 1.69. The second-order valence-electron chi connectivity index (χ2n) is 5.38. The van der Waals surface area contributed by atoms with Gasteiger partial charge in [0, 0.05) is 30.8 Å². The maximum absolute atomic E-state index is 12.1. The number of rotatable bonds is 4. The molecule has 2 atom stereocenters. The van der Waals surface area contributed by atoms with Crippen LogP contribution in [-0.4, -0.2) is 49.8 Å². The highest BCUT2D eigenvalue weighted by atomic mass is 35.5. The Bertz CT molecular complexity index is 515. The van der Waals surface area contributed by atoms with Gasteiger partial charge in [0.25, 0.3) is 0 Å². The number of methoxy groups -OCH3 is 1. The van der Waals surface area contributed by atoms with Crippen LogP contribution < -0.4 is 20.3 Å². The summed E-state index contributed by atoms with van der Waals surface area (Å²) in [5.74, 6) is 2.76. The Balaban J connectivity index is 0.00000132. The van der Waals surface area contributed by atoms with Crippen LogP contribution in [0.15, 0.2) is 24.3 Å². The Labute approximate surface area is 153 Å². The molecular formula is C15H23Cl2N3O2S. The molecule has 0 radical (unpaired) electrons. The molecule has 2 saturated heterocycles. The first-order chi connectivity index (χ1) is 10.3. The van der Waals surface area contributed by atoms with Crippen LogP contribution in [0.1, 0.15) is 6.42 Å². The van der Waals surface area contributed by atoms with Gasteiger partial charge < -0.3 is 15.0 Å². The van der Waals surface area contributed by atoms with Crippen molar-refractivity contribution in [3.05, 3.63) is 24.3 Å². The molecule has 8 heteroatoms. The van der Waals surface area contributed by atoms with Crippen molar-refractivity contribution in [3.63, 3.8) is 0 Å². The van der Waals surface area contributed by atoms with E-state index in [0.717, 1.165) is 42.6 Å². The van der Waals surface area contributed by atoms with E-state index < -0.39 is 0 Å². The highest BCUT2D eigenvalue weighted by Crippen LogP contribution is 2.30. The zero-order valence-electron chi connectivity index (χ0n) is 13.0. The average molecular weight is 380 g/mol. The molecule has 2 fully saturated rings. The molecule has 0 aromatic heterocycles. The lowest BCUT2D eigenvalue weighted by Gasteiger charge is -2.21. The fraction of sp³-hybridized carbons (Fsp3) is 0.533. The van der Waals surface area contributed by atoms with Crippen LogP contribution in [0.5, 0.6) is 5.75 Å². The van der Waals surface area contributed by atoms with Crippen LogP contribution in [0, 0.1) is 0 Å². The third-order valence-electron chi connectivity index (χ3n) is 3.99. The SMILES string of the molecule is COc1ccccc1N1CCC(NC(=O)C2CSCN2)C1.Cl.Cl. The summed E-state index contributed by atoms with van der Waals surface area (Å²) in [4.78, 5) is 14.4. The smallest absolute Gasteiger partial charge is 0.238 e. The minimum Gasteiger partial charge on any atom is -0.495 e. The van der Waals surface area contributed by atoms with Crippen molar-refractivity contribution in [1.29, 1.82) is 0 Å². The molecule has 1 aromatic rings. The lowest BCUT2D eigenvalue weighted by Crippen LogP contribution is -2.47. The predicted octanol–water partition coefficient (Wildman–Crippen LogP) is 1.90. The molecule has 2 aliphatic rings. The molecule has 0 aliphatic carbocycles. The van der Waals surface area contributed by atoms with Crippen molar-refractivity contribution in [3.8, 4) is 5.75 Å². The normalized spacial score (nSPS) is 22.9. The molecule has 2 aliphatic heterocycles. The summed E-state index contributed by atoms with van der Waals surface area (Å²) in [6.45, 7) is 1.78. The standard InChI is InChI=1S/C15H21N3O2S.2ClH/c1-20-14-5-3-2-4-13(14)18-7-6-11(8-18)17-15(19)12-9-21-10-16-12;;/h2-5,11-12,16H,6-10H2,1H3,(H,17,19);2*1H. The van der Waals surface area contributed by atoms with Crippen molar-refractivity contribution in [1.82, 2.24) is 10.6 Å². The van der Waals surface area contributed by atoms with Gasteiger partial charge in [-0.1, -0.05) is 12.1 Å². The lowest BCUT2D eigenvalue weighted by atomic mass is 10.2. The summed E-state index contributed by atoms with van der Waals surface area (Å²) in [5.41, 5.74) is 1.10. The largest absolute Gasteiger partial charge is 0.495 e. The molecular weight excluding hydrogens is 357 g/mol. The van der Waals surface area contributed by atoms with Crippen molar-refractivity contribution in [2.75, 3.05) is 36.7 Å². The van der Waals surface area contributed by atoms with E-state index in [4.69, 9.17) is 4.74 Å². The average Bonchev–Trinajstić information content (AvgIpc) is 3.18. The number of hydrogen-bond acceptors (Lipinski definition) is 5. The first-order valence-corrected chi connectivity index (χ1v) is 8.43. The van der Waals surface area contributed by atoms with E-state index in [1.807, 2.05) is 18.2 Å². The number of carbonyl (C=O) groups is 1. The second kappa shape index (κ2) is 9.47. The molecule has 1 aromatic carbocycles. The maximum Gasteiger partial charge on any atom is 0.238 e. The van der Waals surface area contributed by atoms with Gasteiger partial charge in [0.1, 0.15) is 5.75 Å². The van der Waals surface area contributed by atoms with Gasteiger partial charge in [-0.3, -0.25) is 10.1 Å². The first kappa shape index (κ1) is 20.2. The van der Waals surface area contributed by atoms with Crippen LogP contribution >= 0.6 is 36.6 Å². The summed E-state index contributed by atoms with van der Waals surface area (Å²) >= 11 is 1.77. The number of hydrogen-bond donors (Lipinski definition) is 2. The van der Waals surface area contributed by atoms with Crippen molar-refractivity contribution >= 4 is 48.2 Å². The lowest BCUT2D eigenvalue weighted by molar-refractivity contribution is -0.123. The van der Waals surface area contributed by atoms with E-state index in [-0.39, 0.29) is 42.8 Å². The maximum atomic E-state index is 12.1. The highest BCUT2D eigenvalue weighted by molar-refractivity contribution is 7.99. The van der Waals surface area contributed by atoms with Crippen molar-refractivity contribution in [2.45, 2.75) is 18.5 Å². The minimum absolute atomic E-state index is 0. The van der Waals surface area contributed by atoms with Gasteiger partial charge in [0.05, 0.1) is 18.8 Å². The van der Waals surface area contributed by atoms with Crippen molar-refractivity contribution in [2.24, 2.45) is 0 Å². The second-order valence-corrected chi connectivity index (χ2v) is 6.41. The van der Waals surface area contributed by atoms with Crippen LogP contribution in [0.2, 0.25) is 0 Å². The van der Waals surface area contributed by atoms with Gasteiger partial charge in [-0.05, 0) is 18.6 Å². The Hall–Kier alpha value is -0.820. The fourth-order valence-corrected chi connectivity index (χ4v) is 3.80. The van der Waals surface area contributed by atoms with E-state index in [1.54, 1.807) is 18.9 Å². The minimum atomic E-state index is -0.0321. The topological polar surface area (TPSA) is 53.6 Å². The molecule has 5 nitrogen and oxygen atoms in total. The van der Waals surface area contributed by atoms with Gasteiger partial charge in [-0.15, -0.1) is 36.6 Å². The molecule has 2 heterocycles. The molecule has 0 spiro atoms. The quantitative estimate of drug-likeness (QED) is 0.836. The Morgan fingerprint density at radius 3 is 2.87 bits per heavy atom. The molecule has 130 valence electrons. The van der Waals surface area contributed by atoms with E-state index in [9.17, 15) is 4.79 Å². The number of nitrogens with zero attached hydrogens (tertiary/aromatic N) is 1. The number of benzene rings is 1. The van der Waals surface area contributed by atoms with Gasteiger partial charge >= 0.3 is 0 Å². The Kier molecular flexibility index (Phi) is 8.33. The van der Waals surface area contributed by atoms with E-state index in [0.29, 0.717) is 0 Å². The number of nitrogens with one attached hydrogen (secondary N) is 2. The number of ether oxygens (including phenoxy) is 1. The van der Waals surface area contributed by atoms with Crippen LogP contribution in [0.25, 0.3) is 0 Å². The Morgan fingerprint density at radius 1 is 1.39 bits per heavy atom. The molecule has 2 N–H and O–H groups in total. The van der Waals surface area contributed by atoms with E-state index >= 15 is 0 Å². The summed E-state index contributed by atoms with van der Waals surface area (Å²) in [6, 6.07) is 8.22. The highest BCUT2D eigenvalue weighted by Gasteiger charge is 2.29. The summed E-state index contributed by atoms with van der Waals surface area (Å²) in [5, 5.41) is 6.37. The third-order valence-corrected chi connectivity index (χ3v) is 4.93. The number of carbonyl (C=O) groups excluding carboxylic acids is 1. The number of halogens is 2. The molecule has 23 heavy (non-hydrogen) atoms. The van der Waals surface area contributed by atoms with Crippen LogP contribution in [-0.2, 0) is 4.79 Å². The summed E-state index contributed by atoms with van der Waals surface area (Å²) < 4.78 is 5.41. The first-order valence-electron chi connectivity index (χ1n) is 7.27. The molecule has 3 rings (SSSR count). The molecule has 0 bridgehead atoms. The predicted molar refractivity (Wildman–Crippen MR) is 100 cm³/mol. The summed E-state index contributed by atoms with van der Waals surface area (Å²) in [6.07, 6.45) is 0.976. The molecule has 2 unspecified atom stereocenters. The van der Waals surface area contributed by atoms with Gasteiger partial charge in [-0.2, -0.15) is 0 Å². The third kappa shape index (κ3) is 4.83. The number of anilines is 1. The van der Waals surface area contributed by atoms with Crippen LogP contribution in [0.3, 0.4) is 0 Å². The van der Waals surface area contributed by atoms with E-state index in [1.165, 1.54) is 0 Å². The molecule has 1 amide bonds. The zero-order chi connectivity index (χ0) is 14.7. The monoisotopic (exact) mass is 379 g/mol. The number of para-hydroxylation sites is 2. The Morgan fingerprint density at radius 2 is 2.17 bits per heavy atom. The number of amides is 1. The van der Waals surface area contributed by atoms with E-state index in [2.05, 4.69) is 21.6 Å². The number of thioether (sulfide) groups is 1. The van der Waals surface area contributed by atoms with Crippen molar-refractivity contribution < 1.29 is 9.53 Å². The van der Waals surface area contributed by atoms with Gasteiger partial charge in [-0.25, -0.2) is 0 Å². The van der Waals surface area contributed by atoms with Gasteiger partial charge in [0.2, 0.25) is 5.91 Å². The fourth-order valence-electron chi connectivity index (χ4n) is 2.85. The van der Waals surface area contributed by atoms with Gasteiger partial charge in [0.15, 0.2) is 0 Å².